The molecule has 0 radical (unpaired) electrons. The minimum Gasteiger partial charge on any atom is -0.453 e. The van der Waals surface area contributed by atoms with Gasteiger partial charge in [-0.05, 0) is 68.4 Å². The third-order valence-corrected chi connectivity index (χ3v) is 6.45. The molecular formula is C26H29F3N2O4. The van der Waals surface area contributed by atoms with E-state index in [4.69, 9.17) is 9.47 Å². The van der Waals surface area contributed by atoms with Crippen molar-refractivity contribution in [3.63, 3.8) is 0 Å². The number of benzene rings is 2. The Kier molecular flexibility index (Phi) is 6.96. The number of carbonyl (C=O) groups excluding carboxylic acids is 2. The lowest BCUT2D eigenvalue weighted by molar-refractivity contribution is -0.137. The van der Waals surface area contributed by atoms with Gasteiger partial charge in [0.1, 0.15) is 0 Å². The second kappa shape index (κ2) is 9.79. The number of hydrogen-bond donors (Lipinski definition) is 0. The third-order valence-electron chi connectivity index (χ3n) is 6.45. The summed E-state index contributed by atoms with van der Waals surface area (Å²) in [5, 5.41) is 0. The third kappa shape index (κ3) is 5.39. The van der Waals surface area contributed by atoms with Gasteiger partial charge in [0.25, 0.3) is 0 Å². The molecule has 2 aliphatic rings. The van der Waals surface area contributed by atoms with Crippen molar-refractivity contribution in [1.82, 2.24) is 4.90 Å². The Morgan fingerprint density at radius 1 is 1.11 bits per heavy atom. The van der Waals surface area contributed by atoms with E-state index in [1.807, 2.05) is 30.3 Å². The zero-order chi connectivity index (χ0) is 25.3. The molecule has 1 fully saturated rings. The van der Waals surface area contributed by atoms with Crippen molar-refractivity contribution in [2.24, 2.45) is 5.92 Å². The van der Waals surface area contributed by atoms with E-state index in [-0.39, 0.29) is 36.6 Å². The molecule has 2 aromatic carbocycles. The molecule has 1 aliphatic heterocycles. The molecule has 0 saturated heterocycles. The van der Waals surface area contributed by atoms with Crippen LogP contribution in [0, 0.1) is 5.92 Å². The number of ether oxygens (including phenoxy) is 2. The molecule has 0 N–H and O–H groups in total. The van der Waals surface area contributed by atoms with E-state index in [0.717, 1.165) is 30.5 Å². The highest BCUT2D eigenvalue weighted by Gasteiger charge is 2.47. The van der Waals surface area contributed by atoms with Gasteiger partial charge in [0.15, 0.2) is 0 Å². The lowest BCUT2D eigenvalue weighted by Crippen LogP contribution is -2.50. The summed E-state index contributed by atoms with van der Waals surface area (Å²) in [4.78, 5) is 29.0. The number of alkyl halides is 3. The summed E-state index contributed by atoms with van der Waals surface area (Å²) in [5.41, 5.74) is 0.557. The quantitative estimate of drug-likeness (QED) is 0.477. The zero-order valence-electron chi connectivity index (χ0n) is 19.9. The van der Waals surface area contributed by atoms with Crippen LogP contribution in [0.25, 0.3) is 0 Å². The van der Waals surface area contributed by atoms with E-state index in [9.17, 15) is 22.8 Å². The predicted molar refractivity (Wildman–Crippen MR) is 124 cm³/mol. The Balaban J connectivity index is 1.84. The lowest BCUT2D eigenvalue weighted by atomic mass is 9.86. The fourth-order valence-corrected chi connectivity index (χ4v) is 4.73. The fourth-order valence-electron chi connectivity index (χ4n) is 4.73. The van der Waals surface area contributed by atoms with Gasteiger partial charge < -0.3 is 9.47 Å². The minimum atomic E-state index is -4.58. The van der Waals surface area contributed by atoms with Crippen LogP contribution in [0.3, 0.4) is 0 Å². The largest absolute Gasteiger partial charge is 0.453 e. The van der Waals surface area contributed by atoms with Crippen LogP contribution >= 0.6 is 0 Å². The number of amides is 2. The lowest BCUT2D eigenvalue weighted by Gasteiger charge is -2.44. The molecule has 188 valence electrons. The molecule has 2 amide bonds. The highest BCUT2D eigenvalue weighted by Crippen LogP contribution is 2.49. The van der Waals surface area contributed by atoms with Gasteiger partial charge in [0.05, 0.1) is 30.5 Å². The molecule has 9 heteroatoms. The molecule has 2 atom stereocenters. The standard InChI is InChI=1S/C26H29F3N2O4/c1-16(2)35-25(33)31-21-12-11-19(26(27,28)29)13-20(21)23(14-22(31)18-9-10-18)30(24(32)34-3)15-17-7-5-4-6-8-17/h4-8,11-13,16,18,22-23H,9-10,14-15H2,1-3H3/t22-,23-/m1/s1. The van der Waals surface area contributed by atoms with Crippen molar-refractivity contribution < 1.29 is 32.2 Å². The molecule has 35 heavy (non-hydrogen) atoms. The average Bonchev–Trinajstić information content (AvgIpc) is 3.66. The van der Waals surface area contributed by atoms with E-state index >= 15 is 0 Å². The highest BCUT2D eigenvalue weighted by atomic mass is 19.4. The van der Waals surface area contributed by atoms with Crippen molar-refractivity contribution in [3.8, 4) is 0 Å². The summed E-state index contributed by atoms with van der Waals surface area (Å²) in [7, 11) is 1.25. The summed E-state index contributed by atoms with van der Waals surface area (Å²) in [6.45, 7) is 3.61. The first-order valence-electron chi connectivity index (χ1n) is 11.7. The van der Waals surface area contributed by atoms with E-state index in [2.05, 4.69) is 0 Å². The molecule has 1 heterocycles. The van der Waals surface area contributed by atoms with Crippen LogP contribution in [-0.2, 0) is 22.2 Å². The summed E-state index contributed by atoms with van der Waals surface area (Å²) in [5.74, 6) is 0.184. The Morgan fingerprint density at radius 3 is 2.37 bits per heavy atom. The Bertz CT molecular complexity index is 1070. The van der Waals surface area contributed by atoms with Crippen molar-refractivity contribution in [2.45, 2.75) is 64.0 Å². The molecule has 0 aromatic heterocycles. The van der Waals surface area contributed by atoms with Gasteiger partial charge in [0, 0.05) is 12.6 Å². The van der Waals surface area contributed by atoms with Crippen LogP contribution in [0.15, 0.2) is 48.5 Å². The summed E-state index contributed by atoms with van der Waals surface area (Å²) in [6.07, 6.45) is -4.12. The Morgan fingerprint density at radius 2 is 1.80 bits per heavy atom. The van der Waals surface area contributed by atoms with Crippen LogP contribution < -0.4 is 4.90 Å². The summed E-state index contributed by atoms with van der Waals surface area (Å²) < 4.78 is 51.6. The molecule has 6 nitrogen and oxygen atoms in total. The molecule has 0 bridgehead atoms. The topological polar surface area (TPSA) is 59.1 Å². The van der Waals surface area contributed by atoms with Gasteiger partial charge in [-0.15, -0.1) is 0 Å². The van der Waals surface area contributed by atoms with Crippen molar-refractivity contribution in [1.29, 1.82) is 0 Å². The number of halogens is 3. The van der Waals surface area contributed by atoms with E-state index in [0.29, 0.717) is 5.69 Å². The van der Waals surface area contributed by atoms with Crippen LogP contribution in [-0.4, -0.2) is 36.3 Å². The number of hydrogen-bond acceptors (Lipinski definition) is 4. The second-order valence-corrected chi connectivity index (χ2v) is 9.31. The minimum absolute atomic E-state index is 0.154. The highest BCUT2D eigenvalue weighted by molar-refractivity contribution is 5.91. The normalized spacial score (nSPS) is 19.8. The first-order chi connectivity index (χ1) is 16.6. The van der Waals surface area contributed by atoms with Crippen molar-refractivity contribution in [3.05, 3.63) is 65.2 Å². The van der Waals surface area contributed by atoms with Gasteiger partial charge in [-0.1, -0.05) is 30.3 Å². The van der Waals surface area contributed by atoms with Gasteiger partial charge in [-0.25, -0.2) is 9.59 Å². The maximum atomic E-state index is 13.7. The van der Waals surface area contributed by atoms with E-state index in [1.54, 1.807) is 13.8 Å². The molecule has 1 saturated carbocycles. The molecule has 1 aliphatic carbocycles. The summed E-state index contributed by atoms with van der Waals surface area (Å²) in [6, 6.07) is 11.5. The first kappa shape index (κ1) is 24.9. The van der Waals surface area contributed by atoms with Crippen molar-refractivity contribution in [2.75, 3.05) is 12.0 Å². The maximum absolute atomic E-state index is 13.7. The number of nitrogens with zero attached hydrogens (tertiary/aromatic N) is 2. The maximum Gasteiger partial charge on any atom is 0.416 e. The fraction of sp³-hybridized carbons (Fsp3) is 0.462. The second-order valence-electron chi connectivity index (χ2n) is 9.31. The molecule has 4 rings (SSSR count). The number of rotatable bonds is 5. The van der Waals surface area contributed by atoms with Crippen LogP contribution in [0.2, 0.25) is 0 Å². The van der Waals surface area contributed by atoms with Gasteiger partial charge in [-0.2, -0.15) is 13.2 Å². The van der Waals surface area contributed by atoms with Crippen molar-refractivity contribution >= 4 is 17.9 Å². The number of carbonyl (C=O) groups is 2. The number of anilines is 1. The van der Waals surface area contributed by atoms with E-state index < -0.39 is 30.0 Å². The van der Waals surface area contributed by atoms with Gasteiger partial charge in [-0.3, -0.25) is 9.80 Å². The van der Waals surface area contributed by atoms with Gasteiger partial charge in [0.2, 0.25) is 0 Å². The SMILES string of the molecule is COC(=O)N(Cc1ccccc1)[C@@H]1C[C@H](C2CC2)N(C(=O)OC(C)C)c2ccc(C(F)(F)F)cc21. The van der Waals surface area contributed by atoms with Crippen LogP contribution in [0.4, 0.5) is 28.4 Å². The van der Waals surface area contributed by atoms with Crippen LogP contribution in [0.5, 0.6) is 0 Å². The Labute approximate surface area is 202 Å². The van der Waals surface area contributed by atoms with E-state index in [1.165, 1.54) is 23.0 Å². The zero-order valence-corrected chi connectivity index (χ0v) is 19.9. The van der Waals surface area contributed by atoms with Gasteiger partial charge >= 0.3 is 18.4 Å². The molecule has 0 spiro atoms. The molecule has 2 aromatic rings. The monoisotopic (exact) mass is 490 g/mol. The van der Waals surface area contributed by atoms with Crippen LogP contribution in [0.1, 0.15) is 55.8 Å². The molecule has 0 unspecified atom stereocenters. The number of methoxy groups -OCH3 is 1. The first-order valence-corrected chi connectivity index (χ1v) is 11.7. The number of fused-ring (bicyclic) bond motifs is 1. The Hall–Kier alpha value is -3.23. The average molecular weight is 491 g/mol. The molecular weight excluding hydrogens is 461 g/mol. The predicted octanol–water partition coefficient (Wildman–Crippen LogP) is 6.55. The summed E-state index contributed by atoms with van der Waals surface area (Å²) >= 11 is 0. The smallest absolute Gasteiger partial charge is 0.416 e.